The molecule has 1 heterocycles. The third kappa shape index (κ3) is 1.96. The highest BCUT2D eigenvalue weighted by Gasteiger charge is 2.10. The molecule has 0 fully saturated rings. The summed E-state index contributed by atoms with van der Waals surface area (Å²) in [6, 6.07) is 3.21. The van der Waals surface area contributed by atoms with E-state index in [4.69, 9.17) is 0 Å². The molecule has 66 valence electrons. The maximum absolute atomic E-state index is 11.1. The molecule has 5 heteroatoms. The number of aromatic nitrogens is 1. The second kappa shape index (κ2) is 3.55. The molecular weight excluding hydrogens is 178 g/mol. The van der Waals surface area contributed by atoms with E-state index in [1.807, 2.05) is 0 Å². The summed E-state index contributed by atoms with van der Waals surface area (Å²) in [5.74, 6) is 0. The van der Waals surface area contributed by atoms with Crippen molar-refractivity contribution in [2.75, 3.05) is 6.61 Å². The smallest absolute Gasteiger partial charge is 0.249 e. The van der Waals surface area contributed by atoms with Crippen molar-refractivity contribution in [3.63, 3.8) is 0 Å². The molecule has 1 rings (SSSR count). The number of hydrogen-bond donors (Lipinski definition) is 0. The molecule has 0 N–H and O–H groups in total. The van der Waals surface area contributed by atoms with Crippen molar-refractivity contribution in [3.05, 3.63) is 37.2 Å². The van der Waals surface area contributed by atoms with E-state index in [0.29, 0.717) is 0 Å². The Morgan fingerprint density at radius 1 is 1.42 bits per heavy atom. The van der Waals surface area contributed by atoms with Gasteiger partial charge in [0.2, 0.25) is 0 Å². The average Bonchev–Trinajstić information content (AvgIpc) is 2.53. The van der Waals surface area contributed by atoms with Crippen LogP contribution in [0.2, 0.25) is 0 Å². The van der Waals surface area contributed by atoms with Crippen LogP contribution in [0.3, 0.4) is 0 Å². The van der Waals surface area contributed by atoms with Gasteiger partial charge in [-0.2, -0.15) is 8.42 Å². The second-order valence-corrected chi connectivity index (χ2v) is 3.56. The standard InChI is InChI=1S/C7H9NO3S/c1-2-7-11-12(9,10)8-5-3-4-6-8/h2-6H,1,7H2. The molecule has 0 saturated carbocycles. The number of rotatable bonds is 4. The van der Waals surface area contributed by atoms with Crippen molar-refractivity contribution < 1.29 is 12.6 Å². The van der Waals surface area contributed by atoms with Crippen molar-refractivity contribution >= 4 is 10.3 Å². The van der Waals surface area contributed by atoms with Gasteiger partial charge < -0.3 is 0 Å². The molecule has 4 nitrogen and oxygen atoms in total. The fraction of sp³-hybridized carbons (Fsp3) is 0.143. The average molecular weight is 187 g/mol. The Hall–Kier alpha value is -1.07. The van der Waals surface area contributed by atoms with Crippen LogP contribution in [0, 0.1) is 0 Å². The van der Waals surface area contributed by atoms with E-state index in [0.717, 1.165) is 3.97 Å². The van der Waals surface area contributed by atoms with Gasteiger partial charge in [-0.05, 0) is 12.1 Å². The third-order valence-electron chi connectivity index (χ3n) is 1.17. The predicted molar refractivity (Wildman–Crippen MR) is 44.9 cm³/mol. The van der Waals surface area contributed by atoms with E-state index in [9.17, 15) is 8.42 Å². The van der Waals surface area contributed by atoms with Gasteiger partial charge in [0, 0.05) is 12.4 Å². The Labute approximate surface area is 71.3 Å². The van der Waals surface area contributed by atoms with Crippen LogP contribution in [0.15, 0.2) is 37.2 Å². The lowest BCUT2D eigenvalue weighted by molar-refractivity contribution is 0.351. The molecule has 0 saturated heterocycles. The molecule has 1 aromatic rings. The monoisotopic (exact) mass is 187 g/mol. The molecule has 0 unspecified atom stereocenters. The van der Waals surface area contributed by atoms with Gasteiger partial charge >= 0.3 is 10.3 Å². The summed E-state index contributed by atoms with van der Waals surface area (Å²) in [6.45, 7) is 3.33. The molecule has 0 aliphatic rings. The lowest BCUT2D eigenvalue weighted by Crippen LogP contribution is -2.13. The van der Waals surface area contributed by atoms with Gasteiger partial charge in [-0.3, -0.25) is 0 Å². The van der Waals surface area contributed by atoms with E-state index in [1.54, 1.807) is 12.1 Å². The van der Waals surface area contributed by atoms with Gasteiger partial charge in [0.1, 0.15) is 0 Å². The first kappa shape index (κ1) is 9.02. The molecule has 0 aliphatic carbocycles. The van der Waals surface area contributed by atoms with Crippen LogP contribution < -0.4 is 0 Å². The summed E-state index contributed by atoms with van der Waals surface area (Å²) in [6.07, 6.45) is 4.18. The van der Waals surface area contributed by atoms with Gasteiger partial charge in [0.25, 0.3) is 0 Å². The van der Waals surface area contributed by atoms with Crippen LogP contribution in [0.25, 0.3) is 0 Å². The van der Waals surface area contributed by atoms with Crippen LogP contribution in [-0.2, 0) is 14.5 Å². The zero-order valence-electron chi connectivity index (χ0n) is 6.38. The predicted octanol–water partition coefficient (Wildman–Crippen LogP) is 0.784. The topological polar surface area (TPSA) is 48.3 Å². The Balaban J connectivity index is 2.80. The summed E-state index contributed by atoms with van der Waals surface area (Å²) in [5.41, 5.74) is 0. The maximum atomic E-state index is 11.1. The summed E-state index contributed by atoms with van der Waals surface area (Å²) < 4.78 is 27.8. The second-order valence-electron chi connectivity index (χ2n) is 2.04. The van der Waals surface area contributed by atoms with Crippen LogP contribution in [-0.4, -0.2) is 19.0 Å². The van der Waals surface area contributed by atoms with Crippen LogP contribution in [0.5, 0.6) is 0 Å². The highest BCUT2D eigenvalue weighted by Crippen LogP contribution is 1.99. The Kier molecular flexibility index (Phi) is 2.67. The zero-order chi connectivity index (χ0) is 9.03. The van der Waals surface area contributed by atoms with Gasteiger partial charge in [0.05, 0.1) is 6.61 Å². The largest absolute Gasteiger partial charge is 0.366 e. The quantitative estimate of drug-likeness (QED) is 0.654. The molecule has 0 aliphatic heterocycles. The molecule has 0 aromatic carbocycles. The van der Waals surface area contributed by atoms with Crippen molar-refractivity contribution in [2.45, 2.75) is 0 Å². The summed E-state index contributed by atoms with van der Waals surface area (Å²) >= 11 is 0. The Bertz CT molecular complexity index is 339. The minimum Gasteiger partial charge on any atom is -0.249 e. The maximum Gasteiger partial charge on any atom is 0.366 e. The molecule has 0 amide bonds. The zero-order valence-corrected chi connectivity index (χ0v) is 7.20. The van der Waals surface area contributed by atoms with E-state index >= 15 is 0 Å². The van der Waals surface area contributed by atoms with E-state index in [1.165, 1.54) is 18.5 Å². The van der Waals surface area contributed by atoms with Crippen LogP contribution in [0.4, 0.5) is 0 Å². The first-order chi connectivity index (χ1) is 5.67. The summed E-state index contributed by atoms with van der Waals surface area (Å²) in [4.78, 5) is 0. The summed E-state index contributed by atoms with van der Waals surface area (Å²) in [7, 11) is -3.63. The highest BCUT2D eigenvalue weighted by atomic mass is 32.2. The van der Waals surface area contributed by atoms with Crippen molar-refractivity contribution in [2.24, 2.45) is 0 Å². The summed E-state index contributed by atoms with van der Waals surface area (Å²) in [5, 5.41) is 0. The first-order valence-corrected chi connectivity index (χ1v) is 4.67. The number of nitrogens with zero attached hydrogens (tertiary/aromatic N) is 1. The fourth-order valence-electron chi connectivity index (χ4n) is 0.663. The van der Waals surface area contributed by atoms with E-state index in [2.05, 4.69) is 10.8 Å². The molecular formula is C7H9NO3S. The molecule has 1 aromatic heterocycles. The highest BCUT2D eigenvalue weighted by molar-refractivity contribution is 7.85. The van der Waals surface area contributed by atoms with Crippen molar-refractivity contribution in [1.29, 1.82) is 0 Å². The van der Waals surface area contributed by atoms with E-state index in [-0.39, 0.29) is 6.61 Å². The molecule has 0 atom stereocenters. The molecule has 0 bridgehead atoms. The van der Waals surface area contributed by atoms with Crippen LogP contribution >= 0.6 is 0 Å². The lowest BCUT2D eigenvalue weighted by atomic mass is 10.7. The molecule has 0 spiro atoms. The minimum atomic E-state index is -3.63. The number of hydrogen-bond acceptors (Lipinski definition) is 3. The lowest BCUT2D eigenvalue weighted by Gasteiger charge is -2.02. The SMILES string of the molecule is C=CCOS(=O)(=O)n1cccc1. The first-order valence-electron chi connectivity index (χ1n) is 3.30. The van der Waals surface area contributed by atoms with Crippen LogP contribution in [0.1, 0.15) is 0 Å². The molecule has 0 radical (unpaired) electrons. The van der Waals surface area contributed by atoms with Crippen molar-refractivity contribution in [1.82, 2.24) is 3.97 Å². The van der Waals surface area contributed by atoms with E-state index < -0.39 is 10.3 Å². The molecule has 12 heavy (non-hydrogen) atoms. The fourth-order valence-corrected chi connectivity index (χ4v) is 1.49. The minimum absolute atomic E-state index is 0.0134. The van der Waals surface area contributed by atoms with Gasteiger partial charge in [0.15, 0.2) is 0 Å². The third-order valence-corrected chi connectivity index (χ3v) is 2.36. The Morgan fingerprint density at radius 3 is 2.50 bits per heavy atom. The Morgan fingerprint density at radius 2 is 2.00 bits per heavy atom. The normalized spacial score (nSPS) is 11.3. The van der Waals surface area contributed by atoms with Gasteiger partial charge in [-0.15, -0.1) is 6.58 Å². The van der Waals surface area contributed by atoms with Gasteiger partial charge in [-0.25, -0.2) is 8.16 Å². The van der Waals surface area contributed by atoms with Gasteiger partial charge in [-0.1, -0.05) is 6.08 Å². The van der Waals surface area contributed by atoms with Crippen molar-refractivity contribution in [3.8, 4) is 0 Å².